The summed E-state index contributed by atoms with van der Waals surface area (Å²) >= 11 is 0. The quantitative estimate of drug-likeness (QED) is 0.631. The Morgan fingerprint density at radius 3 is 2.36 bits per heavy atom. The van der Waals surface area contributed by atoms with Crippen molar-refractivity contribution in [2.45, 2.75) is 53.1 Å². The molecule has 1 heteroatoms. The van der Waals surface area contributed by atoms with Crippen LogP contribution in [0.1, 0.15) is 47.0 Å². The minimum absolute atomic E-state index is 0.0328. The standard InChI is InChI=1S/C13H24O/c1-8-9(2)12(14)10-6-5-7-13(3,4)11(8)10/h8-12,14H,5-7H2,1-4H3/t8?,9?,10-,11-,12+/m0/s1. The summed E-state index contributed by atoms with van der Waals surface area (Å²) in [4.78, 5) is 0. The summed E-state index contributed by atoms with van der Waals surface area (Å²) in [5, 5.41) is 10.2. The second-order valence-electron chi connectivity index (χ2n) is 6.28. The Bertz CT molecular complexity index is 221. The van der Waals surface area contributed by atoms with Gasteiger partial charge in [0.25, 0.3) is 0 Å². The van der Waals surface area contributed by atoms with Crippen LogP contribution in [0.3, 0.4) is 0 Å². The predicted molar refractivity (Wildman–Crippen MR) is 58.9 cm³/mol. The van der Waals surface area contributed by atoms with E-state index in [1.165, 1.54) is 19.3 Å². The van der Waals surface area contributed by atoms with Crippen molar-refractivity contribution in [3.8, 4) is 0 Å². The first kappa shape index (κ1) is 10.5. The highest BCUT2D eigenvalue weighted by Gasteiger charge is 2.52. The van der Waals surface area contributed by atoms with Gasteiger partial charge in [0.2, 0.25) is 0 Å². The highest BCUT2D eigenvalue weighted by Crippen LogP contribution is 2.56. The highest BCUT2D eigenvalue weighted by molar-refractivity contribution is 5.01. The van der Waals surface area contributed by atoms with Crippen LogP contribution in [0.15, 0.2) is 0 Å². The first-order chi connectivity index (χ1) is 6.45. The Balaban J connectivity index is 2.27. The highest BCUT2D eigenvalue weighted by atomic mass is 16.3. The van der Waals surface area contributed by atoms with Gasteiger partial charge in [0.1, 0.15) is 0 Å². The van der Waals surface area contributed by atoms with Gasteiger partial charge in [-0.1, -0.05) is 34.1 Å². The smallest absolute Gasteiger partial charge is 0.0599 e. The molecule has 1 nitrogen and oxygen atoms in total. The fraction of sp³-hybridized carbons (Fsp3) is 1.00. The van der Waals surface area contributed by atoms with Crippen LogP contribution in [0.25, 0.3) is 0 Å². The molecule has 0 aromatic rings. The lowest BCUT2D eigenvalue weighted by Crippen LogP contribution is -2.36. The number of aliphatic hydroxyl groups is 1. The summed E-state index contributed by atoms with van der Waals surface area (Å²) in [5.41, 5.74) is 0.452. The lowest BCUT2D eigenvalue weighted by atomic mass is 9.62. The largest absolute Gasteiger partial charge is 0.393 e. The molecule has 2 rings (SSSR count). The van der Waals surface area contributed by atoms with Crippen LogP contribution >= 0.6 is 0 Å². The Morgan fingerprint density at radius 1 is 1.14 bits per heavy atom. The molecule has 0 aromatic carbocycles. The van der Waals surface area contributed by atoms with Gasteiger partial charge < -0.3 is 5.11 Å². The molecule has 2 fully saturated rings. The molecule has 0 radical (unpaired) electrons. The van der Waals surface area contributed by atoms with Crippen molar-refractivity contribution in [3.05, 3.63) is 0 Å². The summed E-state index contributed by atoms with van der Waals surface area (Å²) in [5.74, 6) is 2.54. The average Bonchev–Trinajstić information content (AvgIpc) is 2.31. The van der Waals surface area contributed by atoms with E-state index in [0.29, 0.717) is 23.2 Å². The van der Waals surface area contributed by atoms with Gasteiger partial charge in [0.15, 0.2) is 0 Å². The van der Waals surface area contributed by atoms with Crippen molar-refractivity contribution in [2.75, 3.05) is 0 Å². The molecule has 0 saturated heterocycles. The molecule has 2 unspecified atom stereocenters. The molecule has 0 spiro atoms. The number of hydrogen-bond donors (Lipinski definition) is 1. The van der Waals surface area contributed by atoms with Crippen molar-refractivity contribution < 1.29 is 5.11 Å². The second kappa shape index (κ2) is 3.23. The number of rotatable bonds is 0. The van der Waals surface area contributed by atoms with Crippen LogP contribution < -0.4 is 0 Å². The maximum Gasteiger partial charge on any atom is 0.0599 e. The molecule has 1 N–H and O–H groups in total. The van der Waals surface area contributed by atoms with E-state index < -0.39 is 0 Å². The third-order valence-corrected chi connectivity index (χ3v) is 5.10. The topological polar surface area (TPSA) is 20.2 Å². The minimum atomic E-state index is -0.0328. The Labute approximate surface area is 87.9 Å². The lowest BCUT2D eigenvalue weighted by Gasteiger charge is -2.43. The molecule has 0 aromatic heterocycles. The zero-order chi connectivity index (χ0) is 10.5. The molecule has 0 heterocycles. The van der Waals surface area contributed by atoms with Gasteiger partial charge in [0, 0.05) is 0 Å². The van der Waals surface area contributed by atoms with Crippen LogP contribution in [0.4, 0.5) is 0 Å². The Morgan fingerprint density at radius 2 is 1.79 bits per heavy atom. The minimum Gasteiger partial charge on any atom is -0.393 e. The first-order valence-corrected chi connectivity index (χ1v) is 6.13. The van der Waals surface area contributed by atoms with Crippen molar-refractivity contribution in [2.24, 2.45) is 29.1 Å². The van der Waals surface area contributed by atoms with Gasteiger partial charge in [-0.05, 0) is 41.9 Å². The Kier molecular flexibility index (Phi) is 2.42. The molecule has 0 amide bonds. The van der Waals surface area contributed by atoms with Gasteiger partial charge in [-0.15, -0.1) is 0 Å². The van der Waals surface area contributed by atoms with Gasteiger partial charge in [-0.2, -0.15) is 0 Å². The monoisotopic (exact) mass is 196 g/mol. The molecule has 2 aliphatic rings. The van der Waals surface area contributed by atoms with Gasteiger partial charge >= 0.3 is 0 Å². The molecular formula is C13H24O. The predicted octanol–water partition coefficient (Wildman–Crippen LogP) is 3.08. The lowest BCUT2D eigenvalue weighted by molar-refractivity contribution is 0.0243. The van der Waals surface area contributed by atoms with Crippen LogP contribution in [0.2, 0.25) is 0 Å². The molecular weight excluding hydrogens is 172 g/mol. The SMILES string of the molecule is CC1C(C)[C@H]2[C@H](CCCC2(C)C)[C@@H]1O. The molecule has 5 atom stereocenters. The van der Waals surface area contributed by atoms with Crippen LogP contribution in [0.5, 0.6) is 0 Å². The molecule has 0 aliphatic heterocycles. The van der Waals surface area contributed by atoms with Gasteiger partial charge in [-0.3, -0.25) is 0 Å². The number of aliphatic hydroxyl groups excluding tert-OH is 1. The van der Waals surface area contributed by atoms with Crippen LogP contribution in [-0.4, -0.2) is 11.2 Å². The van der Waals surface area contributed by atoms with Crippen molar-refractivity contribution >= 4 is 0 Å². The summed E-state index contributed by atoms with van der Waals surface area (Å²) in [6.07, 6.45) is 3.88. The summed E-state index contributed by atoms with van der Waals surface area (Å²) in [6, 6.07) is 0. The van der Waals surface area contributed by atoms with Crippen LogP contribution in [-0.2, 0) is 0 Å². The normalized spacial score (nSPS) is 51.6. The first-order valence-electron chi connectivity index (χ1n) is 6.13. The third-order valence-electron chi connectivity index (χ3n) is 5.10. The molecule has 82 valence electrons. The van der Waals surface area contributed by atoms with Crippen LogP contribution in [0, 0.1) is 29.1 Å². The van der Waals surface area contributed by atoms with Crippen molar-refractivity contribution in [1.82, 2.24) is 0 Å². The molecule has 14 heavy (non-hydrogen) atoms. The Hall–Kier alpha value is -0.0400. The summed E-state index contributed by atoms with van der Waals surface area (Å²) in [6.45, 7) is 9.35. The van der Waals surface area contributed by atoms with E-state index in [1.54, 1.807) is 0 Å². The van der Waals surface area contributed by atoms with Gasteiger partial charge in [-0.25, -0.2) is 0 Å². The third kappa shape index (κ3) is 1.32. The summed E-state index contributed by atoms with van der Waals surface area (Å²) in [7, 11) is 0. The molecule has 0 bridgehead atoms. The zero-order valence-corrected chi connectivity index (χ0v) is 9.96. The maximum absolute atomic E-state index is 10.2. The zero-order valence-electron chi connectivity index (χ0n) is 9.96. The van der Waals surface area contributed by atoms with E-state index in [2.05, 4.69) is 27.7 Å². The van der Waals surface area contributed by atoms with E-state index in [4.69, 9.17) is 0 Å². The summed E-state index contributed by atoms with van der Waals surface area (Å²) < 4.78 is 0. The molecule has 2 saturated carbocycles. The fourth-order valence-corrected chi connectivity index (χ4v) is 4.23. The van der Waals surface area contributed by atoms with E-state index in [1.807, 2.05) is 0 Å². The molecule has 2 aliphatic carbocycles. The van der Waals surface area contributed by atoms with Crippen molar-refractivity contribution in [1.29, 1.82) is 0 Å². The number of fused-ring (bicyclic) bond motifs is 1. The van der Waals surface area contributed by atoms with Gasteiger partial charge in [0.05, 0.1) is 6.10 Å². The van der Waals surface area contributed by atoms with E-state index >= 15 is 0 Å². The van der Waals surface area contributed by atoms with E-state index in [0.717, 1.165) is 5.92 Å². The second-order valence-corrected chi connectivity index (χ2v) is 6.28. The number of hydrogen-bond acceptors (Lipinski definition) is 1. The fourth-order valence-electron chi connectivity index (χ4n) is 4.23. The van der Waals surface area contributed by atoms with Crippen molar-refractivity contribution in [3.63, 3.8) is 0 Å². The van der Waals surface area contributed by atoms with E-state index in [9.17, 15) is 5.11 Å². The maximum atomic E-state index is 10.2. The van der Waals surface area contributed by atoms with E-state index in [-0.39, 0.29) is 6.10 Å². The average molecular weight is 196 g/mol.